The highest BCUT2D eigenvalue weighted by Crippen LogP contribution is 2.15. The Morgan fingerprint density at radius 1 is 0.606 bits per heavy atom. The minimum atomic E-state index is -0.647. The van der Waals surface area contributed by atoms with E-state index in [4.69, 9.17) is 0 Å². The van der Waals surface area contributed by atoms with Crippen LogP contribution in [0.2, 0.25) is 0 Å². The summed E-state index contributed by atoms with van der Waals surface area (Å²) < 4.78 is 0. The fourth-order valence-electron chi connectivity index (χ4n) is 4.53. The van der Waals surface area contributed by atoms with Gasteiger partial charge in [0.15, 0.2) is 0 Å². The Kier molecular flexibility index (Phi) is 25.5. The van der Waals surface area contributed by atoms with Gasteiger partial charge in [-0.25, -0.2) is 0 Å². The van der Waals surface area contributed by atoms with Gasteiger partial charge in [0.05, 0.1) is 18.8 Å². The zero-order valence-electron chi connectivity index (χ0n) is 22.4. The summed E-state index contributed by atoms with van der Waals surface area (Å²) in [5.41, 5.74) is 0. The van der Waals surface area contributed by atoms with Crippen LogP contribution in [0.4, 0.5) is 0 Å². The number of aliphatic hydroxyl groups is 2. The van der Waals surface area contributed by atoms with Crippen molar-refractivity contribution in [1.82, 2.24) is 5.32 Å². The van der Waals surface area contributed by atoms with Gasteiger partial charge < -0.3 is 15.5 Å². The predicted octanol–water partition coefficient (Wildman–Crippen LogP) is 7.84. The molecular formula is C29H59NO3. The standard InChI is InChI=1S/C29H59NO3/c1-3-5-7-9-10-11-12-13-14-15-16-17-18-19-20-21-22-24-28(32)27(26-31)30-29(33)25-23-8-6-4-2/h27-28,31-32H,3-26H2,1-2H3,(H,30,33). The van der Waals surface area contributed by atoms with Crippen LogP contribution in [0.5, 0.6) is 0 Å². The van der Waals surface area contributed by atoms with Crippen molar-refractivity contribution >= 4 is 5.91 Å². The lowest BCUT2D eigenvalue weighted by Gasteiger charge is -2.22. The molecule has 0 saturated heterocycles. The van der Waals surface area contributed by atoms with E-state index in [2.05, 4.69) is 19.2 Å². The van der Waals surface area contributed by atoms with Crippen molar-refractivity contribution in [2.75, 3.05) is 6.61 Å². The van der Waals surface area contributed by atoms with Crippen LogP contribution in [-0.2, 0) is 4.79 Å². The number of unbranched alkanes of at least 4 members (excludes halogenated alkanes) is 19. The van der Waals surface area contributed by atoms with Crippen molar-refractivity contribution in [2.45, 2.75) is 174 Å². The van der Waals surface area contributed by atoms with Crippen molar-refractivity contribution in [3.63, 3.8) is 0 Å². The third kappa shape index (κ3) is 22.9. The molecule has 0 spiro atoms. The number of amides is 1. The summed E-state index contributed by atoms with van der Waals surface area (Å²) in [5, 5.41) is 22.7. The van der Waals surface area contributed by atoms with Gasteiger partial charge in [-0.2, -0.15) is 0 Å². The molecule has 0 aromatic rings. The molecule has 0 fully saturated rings. The SMILES string of the molecule is CCCCCCCCCCCCCCCCCCCC(O)C(CO)NC(=O)CCCCCC. The number of carbonyl (C=O) groups is 1. The second-order valence-electron chi connectivity index (χ2n) is 10.2. The van der Waals surface area contributed by atoms with Gasteiger partial charge in [-0.1, -0.05) is 142 Å². The van der Waals surface area contributed by atoms with Gasteiger partial charge in [-0.3, -0.25) is 4.79 Å². The van der Waals surface area contributed by atoms with E-state index in [9.17, 15) is 15.0 Å². The molecule has 0 aromatic carbocycles. The van der Waals surface area contributed by atoms with E-state index in [-0.39, 0.29) is 12.5 Å². The number of hydrogen-bond donors (Lipinski definition) is 3. The second-order valence-corrected chi connectivity index (χ2v) is 10.2. The third-order valence-electron chi connectivity index (χ3n) is 6.87. The first-order chi connectivity index (χ1) is 16.2. The highest BCUT2D eigenvalue weighted by molar-refractivity contribution is 5.76. The summed E-state index contributed by atoms with van der Waals surface area (Å²) in [4.78, 5) is 12.0. The summed E-state index contributed by atoms with van der Waals surface area (Å²) in [6.07, 6.45) is 27.5. The molecule has 0 aliphatic carbocycles. The number of hydrogen-bond acceptors (Lipinski definition) is 3. The van der Waals surface area contributed by atoms with E-state index in [1.807, 2.05) is 0 Å². The molecule has 2 unspecified atom stereocenters. The Labute approximate surface area is 206 Å². The number of nitrogens with one attached hydrogen (secondary N) is 1. The molecule has 0 radical (unpaired) electrons. The Balaban J connectivity index is 3.45. The first kappa shape index (κ1) is 32.4. The fourth-order valence-corrected chi connectivity index (χ4v) is 4.53. The quantitative estimate of drug-likeness (QED) is 0.113. The van der Waals surface area contributed by atoms with Crippen molar-refractivity contribution in [1.29, 1.82) is 0 Å². The topological polar surface area (TPSA) is 69.6 Å². The molecule has 0 aliphatic heterocycles. The Hall–Kier alpha value is -0.610. The van der Waals surface area contributed by atoms with E-state index in [1.165, 1.54) is 96.3 Å². The summed E-state index contributed by atoms with van der Waals surface area (Å²) in [7, 11) is 0. The molecule has 3 N–H and O–H groups in total. The fraction of sp³-hybridized carbons (Fsp3) is 0.966. The Morgan fingerprint density at radius 3 is 1.36 bits per heavy atom. The first-order valence-corrected chi connectivity index (χ1v) is 14.7. The van der Waals surface area contributed by atoms with Gasteiger partial charge >= 0.3 is 0 Å². The van der Waals surface area contributed by atoms with E-state index in [0.29, 0.717) is 12.8 Å². The Morgan fingerprint density at radius 2 is 0.970 bits per heavy atom. The molecule has 0 saturated carbocycles. The first-order valence-electron chi connectivity index (χ1n) is 14.7. The molecule has 0 heterocycles. The molecule has 33 heavy (non-hydrogen) atoms. The maximum Gasteiger partial charge on any atom is 0.220 e. The lowest BCUT2D eigenvalue weighted by molar-refractivity contribution is -0.123. The molecular weight excluding hydrogens is 410 g/mol. The Bertz CT molecular complexity index is 402. The molecule has 4 nitrogen and oxygen atoms in total. The van der Waals surface area contributed by atoms with E-state index in [1.54, 1.807) is 0 Å². The number of carbonyl (C=O) groups excluding carboxylic acids is 1. The summed E-state index contributed by atoms with van der Waals surface area (Å²) in [5.74, 6) is -0.0494. The summed E-state index contributed by atoms with van der Waals surface area (Å²) in [6.45, 7) is 4.24. The number of aliphatic hydroxyl groups excluding tert-OH is 2. The molecule has 0 rings (SSSR count). The monoisotopic (exact) mass is 469 g/mol. The molecule has 198 valence electrons. The average Bonchev–Trinajstić information content (AvgIpc) is 2.82. The van der Waals surface area contributed by atoms with Crippen molar-refractivity contribution in [3.8, 4) is 0 Å². The molecule has 0 aromatic heterocycles. The van der Waals surface area contributed by atoms with E-state index in [0.717, 1.165) is 38.5 Å². The normalized spacial score (nSPS) is 13.2. The van der Waals surface area contributed by atoms with Crippen molar-refractivity contribution in [3.05, 3.63) is 0 Å². The van der Waals surface area contributed by atoms with Gasteiger partial charge in [-0.05, 0) is 12.8 Å². The minimum absolute atomic E-state index is 0.0494. The molecule has 0 bridgehead atoms. The zero-order chi connectivity index (χ0) is 24.4. The van der Waals surface area contributed by atoms with Gasteiger partial charge in [0.2, 0.25) is 5.91 Å². The third-order valence-corrected chi connectivity index (χ3v) is 6.87. The van der Waals surface area contributed by atoms with Crippen LogP contribution in [0.15, 0.2) is 0 Å². The highest BCUT2D eigenvalue weighted by atomic mass is 16.3. The van der Waals surface area contributed by atoms with Crippen LogP contribution in [-0.4, -0.2) is 34.9 Å². The maximum absolute atomic E-state index is 12.0. The highest BCUT2D eigenvalue weighted by Gasteiger charge is 2.19. The van der Waals surface area contributed by atoms with E-state index >= 15 is 0 Å². The molecule has 2 atom stereocenters. The van der Waals surface area contributed by atoms with Crippen LogP contribution in [0.25, 0.3) is 0 Å². The lowest BCUT2D eigenvalue weighted by atomic mass is 10.0. The van der Waals surface area contributed by atoms with Gasteiger partial charge in [-0.15, -0.1) is 0 Å². The smallest absolute Gasteiger partial charge is 0.220 e. The van der Waals surface area contributed by atoms with Gasteiger partial charge in [0, 0.05) is 6.42 Å². The predicted molar refractivity (Wildman–Crippen MR) is 143 cm³/mol. The van der Waals surface area contributed by atoms with Crippen LogP contribution >= 0.6 is 0 Å². The van der Waals surface area contributed by atoms with Crippen LogP contribution < -0.4 is 5.32 Å². The molecule has 0 aliphatic rings. The number of rotatable bonds is 26. The average molecular weight is 470 g/mol. The lowest BCUT2D eigenvalue weighted by Crippen LogP contribution is -2.45. The minimum Gasteiger partial charge on any atom is -0.394 e. The van der Waals surface area contributed by atoms with Crippen LogP contribution in [0.1, 0.15) is 162 Å². The summed E-state index contributed by atoms with van der Waals surface area (Å²) >= 11 is 0. The largest absolute Gasteiger partial charge is 0.394 e. The van der Waals surface area contributed by atoms with Crippen LogP contribution in [0, 0.1) is 0 Å². The van der Waals surface area contributed by atoms with Crippen molar-refractivity contribution < 1.29 is 15.0 Å². The molecule has 4 heteroatoms. The van der Waals surface area contributed by atoms with Crippen LogP contribution in [0.3, 0.4) is 0 Å². The van der Waals surface area contributed by atoms with Gasteiger partial charge in [0.25, 0.3) is 0 Å². The van der Waals surface area contributed by atoms with E-state index < -0.39 is 12.1 Å². The van der Waals surface area contributed by atoms with Crippen molar-refractivity contribution in [2.24, 2.45) is 0 Å². The molecule has 1 amide bonds. The second kappa shape index (κ2) is 26.0. The zero-order valence-corrected chi connectivity index (χ0v) is 22.4. The summed E-state index contributed by atoms with van der Waals surface area (Å²) in [6, 6.07) is -0.523. The van der Waals surface area contributed by atoms with Gasteiger partial charge in [0.1, 0.15) is 0 Å². The maximum atomic E-state index is 12.0.